The molecule has 1 saturated carbocycles. The Kier molecular flexibility index (Phi) is 5.10. The number of rotatable bonds is 5. The summed E-state index contributed by atoms with van der Waals surface area (Å²) in [5.41, 5.74) is 7.24. The van der Waals surface area contributed by atoms with Gasteiger partial charge in [0.1, 0.15) is 5.75 Å². The molecule has 0 spiro atoms. The van der Waals surface area contributed by atoms with Gasteiger partial charge in [0.15, 0.2) is 0 Å². The molecule has 0 bridgehead atoms. The summed E-state index contributed by atoms with van der Waals surface area (Å²) in [5.74, 6) is -0.167. The SMILES string of the molecule is COc1ccc(N)c(C(C(=O)O)C(C)C2CCCCC2)c1. The molecule has 0 heterocycles. The molecule has 1 aromatic rings. The van der Waals surface area contributed by atoms with Gasteiger partial charge >= 0.3 is 5.97 Å². The van der Waals surface area contributed by atoms with E-state index in [1.54, 1.807) is 25.3 Å². The second-order valence-electron chi connectivity index (χ2n) is 6.07. The van der Waals surface area contributed by atoms with Crippen molar-refractivity contribution in [2.45, 2.75) is 44.9 Å². The van der Waals surface area contributed by atoms with Gasteiger partial charge in [-0.25, -0.2) is 0 Å². The third kappa shape index (κ3) is 3.49. The highest BCUT2D eigenvalue weighted by molar-refractivity contribution is 5.79. The first-order valence-electron chi connectivity index (χ1n) is 7.70. The minimum absolute atomic E-state index is 0.0807. The number of hydrogen-bond acceptors (Lipinski definition) is 3. The van der Waals surface area contributed by atoms with Crippen molar-refractivity contribution >= 4 is 11.7 Å². The average molecular weight is 291 g/mol. The first-order valence-corrected chi connectivity index (χ1v) is 7.70. The summed E-state index contributed by atoms with van der Waals surface area (Å²) >= 11 is 0. The highest BCUT2D eigenvalue weighted by atomic mass is 16.5. The number of ether oxygens (including phenoxy) is 1. The molecular formula is C17H25NO3. The highest BCUT2D eigenvalue weighted by Gasteiger charge is 2.34. The van der Waals surface area contributed by atoms with Crippen molar-refractivity contribution in [1.29, 1.82) is 0 Å². The molecule has 1 aliphatic carbocycles. The summed E-state index contributed by atoms with van der Waals surface area (Å²) in [7, 11) is 1.58. The maximum Gasteiger partial charge on any atom is 0.311 e. The van der Waals surface area contributed by atoms with Crippen molar-refractivity contribution in [3.63, 3.8) is 0 Å². The lowest BCUT2D eigenvalue weighted by Crippen LogP contribution is -2.27. The van der Waals surface area contributed by atoms with Crippen LogP contribution in [0.5, 0.6) is 5.75 Å². The molecule has 1 fully saturated rings. The van der Waals surface area contributed by atoms with E-state index in [0.717, 1.165) is 12.8 Å². The molecule has 4 nitrogen and oxygen atoms in total. The Morgan fingerprint density at radius 3 is 2.57 bits per heavy atom. The minimum Gasteiger partial charge on any atom is -0.497 e. The van der Waals surface area contributed by atoms with Crippen LogP contribution in [0.4, 0.5) is 5.69 Å². The summed E-state index contributed by atoms with van der Waals surface area (Å²) in [6.07, 6.45) is 5.91. The van der Waals surface area contributed by atoms with Gasteiger partial charge in [-0.15, -0.1) is 0 Å². The molecule has 1 aromatic carbocycles. The monoisotopic (exact) mass is 291 g/mol. The van der Waals surface area contributed by atoms with Crippen LogP contribution in [0.15, 0.2) is 18.2 Å². The van der Waals surface area contributed by atoms with Crippen LogP contribution >= 0.6 is 0 Å². The van der Waals surface area contributed by atoms with E-state index >= 15 is 0 Å². The van der Waals surface area contributed by atoms with Crippen LogP contribution in [0.3, 0.4) is 0 Å². The predicted molar refractivity (Wildman–Crippen MR) is 83.5 cm³/mol. The molecule has 2 atom stereocenters. The number of methoxy groups -OCH3 is 1. The van der Waals surface area contributed by atoms with Crippen molar-refractivity contribution in [2.24, 2.45) is 11.8 Å². The summed E-state index contributed by atoms with van der Waals surface area (Å²) < 4.78 is 5.22. The van der Waals surface area contributed by atoms with Crippen molar-refractivity contribution in [1.82, 2.24) is 0 Å². The largest absolute Gasteiger partial charge is 0.497 e. The van der Waals surface area contributed by atoms with Crippen LogP contribution in [0.2, 0.25) is 0 Å². The Morgan fingerprint density at radius 2 is 2.00 bits per heavy atom. The molecule has 0 radical (unpaired) electrons. The number of anilines is 1. The fourth-order valence-corrected chi connectivity index (χ4v) is 3.52. The first-order chi connectivity index (χ1) is 10.0. The zero-order valence-corrected chi connectivity index (χ0v) is 12.8. The van der Waals surface area contributed by atoms with Crippen LogP contribution in [0, 0.1) is 11.8 Å². The number of carboxylic acid groups (broad SMARTS) is 1. The third-order valence-electron chi connectivity index (χ3n) is 4.81. The highest BCUT2D eigenvalue weighted by Crippen LogP contribution is 2.40. The van der Waals surface area contributed by atoms with E-state index in [1.807, 2.05) is 6.92 Å². The number of aliphatic carboxylic acids is 1. The number of benzene rings is 1. The topological polar surface area (TPSA) is 72.5 Å². The number of nitrogen functional groups attached to an aromatic ring is 1. The van der Waals surface area contributed by atoms with Crippen molar-refractivity contribution < 1.29 is 14.6 Å². The first kappa shape index (κ1) is 15.7. The maximum absolute atomic E-state index is 11.8. The normalized spacial score (nSPS) is 19.0. The Labute approximate surface area is 126 Å². The van der Waals surface area contributed by atoms with Crippen LogP contribution in [-0.4, -0.2) is 18.2 Å². The van der Waals surface area contributed by atoms with Gasteiger partial charge in [-0.05, 0) is 35.6 Å². The Balaban J connectivity index is 2.31. The molecule has 0 saturated heterocycles. The molecule has 21 heavy (non-hydrogen) atoms. The van der Waals surface area contributed by atoms with Crippen molar-refractivity contribution in [2.75, 3.05) is 12.8 Å². The van der Waals surface area contributed by atoms with E-state index in [-0.39, 0.29) is 5.92 Å². The molecule has 0 amide bonds. The zero-order chi connectivity index (χ0) is 15.4. The fraction of sp³-hybridized carbons (Fsp3) is 0.588. The van der Waals surface area contributed by atoms with E-state index in [2.05, 4.69) is 0 Å². The Morgan fingerprint density at radius 1 is 1.33 bits per heavy atom. The van der Waals surface area contributed by atoms with Gasteiger partial charge in [-0.2, -0.15) is 0 Å². The lowest BCUT2D eigenvalue weighted by molar-refractivity contribution is -0.140. The summed E-state index contributed by atoms with van der Waals surface area (Å²) in [6.45, 7) is 2.05. The van der Waals surface area contributed by atoms with Crippen LogP contribution in [0.25, 0.3) is 0 Å². The zero-order valence-electron chi connectivity index (χ0n) is 12.8. The van der Waals surface area contributed by atoms with E-state index < -0.39 is 11.9 Å². The Bertz CT molecular complexity index is 495. The molecule has 4 heteroatoms. The van der Waals surface area contributed by atoms with Crippen molar-refractivity contribution in [3.8, 4) is 5.75 Å². The average Bonchev–Trinajstić information content (AvgIpc) is 2.50. The van der Waals surface area contributed by atoms with E-state index in [9.17, 15) is 9.90 Å². The van der Waals surface area contributed by atoms with Gasteiger partial charge in [0.05, 0.1) is 13.0 Å². The van der Waals surface area contributed by atoms with Gasteiger partial charge in [0, 0.05) is 5.69 Å². The lowest BCUT2D eigenvalue weighted by atomic mass is 9.72. The quantitative estimate of drug-likeness (QED) is 0.812. The summed E-state index contributed by atoms with van der Waals surface area (Å²) in [4.78, 5) is 11.8. The van der Waals surface area contributed by atoms with Gasteiger partial charge in [0.25, 0.3) is 0 Å². The van der Waals surface area contributed by atoms with Gasteiger partial charge in [-0.3, -0.25) is 4.79 Å². The van der Waals surface area contributed by atoms with Crippen LogP contribution in [0.1, 0.15) is 50.5 Å². The Hall–Kier alpha value is -1.71. The van der Waals surface area contributed by atoms with Crippen LogP contribution in [-0.2, 0) is 4.79 Å². The summed E-state index contributed by atoms with van der Waals surface area (Å²) in [6, 6.07) is 5.27. The second-order valence-corrected chi connectivity index (χ2v) is 6.07. The molecule has 0 aromatic heterocycles. The maximum atomic E-state index is 11.8. The molecule has 2 rings (SSSR count). The molecule has 2 unspecified atom stereocenters. The van der Waals surface area contributed by atoms with Gasteiger partial charge < -0.3 is 15.6 Å². The second kappa shape index (κ2) is 6.83. The number of carbonyl (C=O) groups is 1. The number of nitrogens with two attached hydrogens (primary N) is 1. The van der Waals surface area contributed by atoms with E-state index in [0.29, 0.717) is 22.9 Å². The predicted octanol–water partition coefficient (Wildman–Crippen LogP) is 3.66. The van der Waals surface area contributed by atoms with E-state index in [1.165, 1.54) is 19.3 Å². The summed E-state index contributed by atoms with van der Waals surface area (Å²) in [5, 5.41) is 9.72. The third-order valence-corrected chi connectivity index (χ3v) is 4.81. The van der Waals surface area contributed by atoms with Gasteiger partial charge in [-0.1, -0.05) is 39.0 Å². The number of hydrogen-bond donors (Lipinski definition) is 2. The molecule has 116 valence electrons. The van der Waals surface area contributed by atoms with Gasteiger partial charge in [0.2, 0.25) is 0 Å². The fourth-order valence-electron chi connectivity index (χ4n) is 3.52. The van der Waals surface area contributed by atoms with E-state index in [4.69, 9.17) is 10.5 Å². The standard InChI is InChI=1S/C17H25NO3/c1-11(12-6-4-3-5-7-12)16(17(19)20)14-10-13(21-2)8-9-15(14)18/h8-12,16H,3-7,18H2,1-2H3,(H,19,20). The lowest BCUT2D eigenvalue weighted by Gasteiger charge is -2.32. The molecule has 0 aliphatic heterocycles. The number of carboxylic acids is 1. The molecule has 1 aliphatic rings. The van der Waals surface area contributed by atoms with Crippen molar-refractivity contribution in [3.05, 3.63) is 23.8 Å². The molecule has 3 N–H and O–H groups in total. The van der Waals surface area contributed by atoms with Crippen LogP contribution < -0.4 is 10.5 Å². The minimum atomic E-state index is -0.798. The smallest absolute Gasteiger partial charge is 0.311 e. The molecular weight excluding hydrogens is 266 g/mol.